The molecule has 1 aliphatic heterocycles. The lowest BCUT2D eigenvalue weighted by Gasteiger charge is -2.20. The summed E-state index contributed by atoms with van der Waals surface area (Å²) in [6.45, 7) is 4.60. The summed E-state index contributed by atoms with van der Waals surface area (Å²) in [6, 6.07) is -1.43. The predicted molar refractivity (Wildman–Crippen MR) is 78.9 cm³/mol. The van der Waals surface area contributed by atoms with Gasteiger partial charge in [-0.3, -0.25) is 14.4 Å². The fraction of sp³-hybridized carbons (Fsp3) is 0.786. The molecule has 0 radical (unpaired) electrons. The first kappa shape index (κ1) is 17.4. The second kappa shape index (κ2) is 7.97. The number of rotatable bonds is 8. The molecule has 3 atom stereocenters. The summed E-state index contributed by atoms with van der Waals surface area (Å²) in [5.74, 6) is -0.781. The van der Waals surface area contributed by atoms with Gasteiger partial charge >= 0.3 is 0 Å². The van der Waals surface area contributed by atoms with Gasteiger partial charge in [0.05, 0.1) is 6.04 Å². The fourth-order valence-electron chi connectivity index (χ4n) is 2.47. The van der Waals surface area contributed by atoms with Gasteiger partial charge in [0.2, 0.25) is 17.7 Å². The largest absolute Gasteiger partial charge is 0.368 e. The highest BCUT2D eigenvalue weighted by atomic mass is 16.2. The molecule has 3 amide bonds. The first-order valence-corrected chi connectivity index (χ1v) is 7.44. The van der Waals surface area contributed by atoms with Crippen molar-refractivity contribution in [2.45, 2.75) is 51.6 Å². The Kier molecular flexibility index (Phi) is 6.61. The van der Waals surface area contributed by atoms with Crippen molar-refractivity contribution < 1.29 is 14.4 Å². The first-order valence-electron chi connectivity index (χ1n) is 7.44. The average Bonchev–Trinajstić information content (AvgIpc) is 2.78. The van der Waals surface area contributed by atoms with Gasteiger partial charge in [-0.15, -0.1) is 0 Å². The molecule has 0 aromatic rings. The molecule has 1 rings (SSSR count). The third-order valence-corrected chi connectivity index (χ3v) is 3.69. The van der Waals surface area contributed by atoms with E-state index in [0.717, 1.165) is 6.42 Å². The zero-order chi connectivity index (χ0) is 16.0. The van der Waals surface area contributed by atoms with Crippen LogP contribution in [0.3, 0.4) is 0 Å². The first-order chi connectivity index (χ1) is 9.81. The second-order valence-corrected chi connectivity index (χ2v) is 6.05. The maximum atomic E-state index is 11.9. The molecule has 120 valence electrons. The Morgan fingerprint density at radius 1 is 1.43 bits per heavy atom. The molecular formula is C14H26N4O3. The quantitative estimate of drug-likeness (QED) is 0.470. The van der Waals surface area contributed by atoms with E-state index < -0.39 is 18.0 Å². The van der Waals surface area contributed by atoms with Crippen LogP contribution in [0.25, 0.3) is 0 Å². The summed E-state index contributed by atoms with van der Waals surface area (Å²) in [4.78, 5) is 34.8. The molecule has 0 aromatic carbocycles. The van der Waals surface area contributed by atoms with E-state index in [-0.39, 0.29) is 17.7 Å². The highest BCUT2D eigenvalue weighted by Crippen LogP contribution is 2.17. The number of nitrogens with two attached hydrogens (primary N) is 2. The number of hydrogen-bond donors (Lipinski definition) is 4. The Hall–Kier alpha value is -1.63. The molecule has 0 aliphatic carbocycles. The number of hydrogen-bond acceptors (Lipinski definition) is 4. The zero-order valence-corrected chi connectivity index (χ0v) is 12.7. The summed E-state index contributed by atoms with van der Waals surface area (Å²) >= 11 is 0. The molecule has 6 N–H and O–H groups in total. The summed E-state index contributed by atoms with van der Waals surface area (Å²) in [5.41, 5.74) is 11.1. The molecule has 1 saturated heterocycles. The van der Waals surface area contributed by atoms with Crippen molar-refractivity contribution in [2.24, 2.45) is 23.3 Å². The highest BCUT2D eigenvalue weighted by molar-refractivity contribution is 5.89. The van der Waals surface area contributed by atoms with Crippen LogP contribution in [0, 0.1) is 11.8 Å². The Balaban J connectivity index is 2.47. The molecule has 0 unspecified atom stereocenters. The molecule has 1 aliphatic rings. The predicted octanol–water partition coefficient (Wildman–Crippen LogP) is -0.754. The van der Waals surface area contributed by atoms with Crippen molar-refractivity contribution in [2.75, 3.05) is 6.54 Å². The lowest BCUT2D eigenvalue weighted by molar-refractivity contribution is -0.128. The van der Waals surface area contributed by atoms with Gasteiger partial charge in [-0.25, -0.2) is 0 Å². The molecule has 7 nitrogen and oxygen atoms in total. The molecule has 0 saturated carbocycles. The van der Waals surface area contributed by atoms with Crippen LogP contribution in [0.1, 0.15) is 39.5 Å². The minimum Gasteiger partial charge on any atom is -0.368 e. The van der Waals surface area contributed by atoms with Crippen molar-refractivity contribution in [1.82, 2.24) is 10.6 Å². The Labute approximate surface area is 125 Å². The van der Waals surface area contributed by atoms with E-state index in [1.54, 1.807) is 0 Å². The van der Waals surface area contributed by atoms with E-state index >= 15 is 0 Å². The number of nitrogens with one attached hydrogen (secondary N) is 2. The average molecular weight is 298 g/mol. The van der Waals surface area contributed by atoms with E-state index in [4.69, 9.17) is 11.5 Å². The molecular weight excluding hydrogens is 272 g/mol. The minimum absolute atomic E-state index is 0.000978. The summed E-state index contributed by atoms with van der Waals surface area (Å²) < 4.78 is 0. The van der Waals surface area contributed by atoms with Crippen molar-refractivity contribution >= 4 is 17.7 Å². The molecule has 1 heterocycles. The van der Waals surface area contributed by atoms with E-state index in [1.807, 2.05) is 13.8 Å². The van der Waals surface area contributed by atoms with Gasteiger partial charge in [0.15, 0.2) is 0 Å². The Morgan fingerprint density at radius 3 is 2.57 bits per heavy atom. The van der Waals surface area contributed by atoms with Gasteiger partial charge in [0, 0.05) is 12.5 Å². The standard InChI is InChI=1S/C14H26N4O3/c1-8(2)7-10(15)14(21)18-11(12(16)19)4-3-9-5-6-17-13(9)20/h8-11H,3-7,15H2,1-2H3,(H2,16,19)(H,17,20)(H,18,21)/t9-,10+,11+/m1/s1. The van der Waals surface area contributed by atoms with E-state index in [1.165, 1.54) is 0 Å². The smallest absolute Gasteiger partial charge is 0.240 e. The van der Waals surface area contributed by atoms with Crippen LogP contribution >= 0.6 is 0 Å². The van der Waals surface area contributed by atoms with Crippen LogP contribution in [-0.2, 0) is 14.4 Å². The lowest BCUT2D eigenvalue weighted by Crippen LogP contribution is -2.50. The molecule has 0 spiro atoms. The van der Waals surface area contributed by atoms with Crippen LogP contribution in [-0.4, -0.2) is 36.3 Å². The topological polar surface area (TPSA) is 127 Å². The van der Waals surface area contributed by atoms with E-state index in [9.17, 15) is 14.4 Å². The summed E-state index contributed by atoms with van der Waals surface area (Å²) in [6.07, 6.45) is 2.18. The van der Waals surface area contributed by atoms with Gasteiger partial charge in [0.1, 0.15) is 6.04 Å². The van der Waals surface area contributed by atoms with Gasteiger partial charge < -0.3 is 22.1 Å². The third kappa shape index (κ3) is 5.71. The molecule has 7 heteroatoms. The number of primary amides is 1. The van der Waals surface area contributed by atoms with E-state index in [0.29, 0.717) is 31.7 Å². The van der Waals surface area contributed by atoms with Crippen LogP contribution in [0.15, 0.2) is 0 Å². The van der Waals surface area contributed by atoms with Crippen LogP contribution in [0.4, 0.5) is 0 Å². The summed E-state index contributed by atoms with van der Waals surface area (Å²) in [5, 5.41) is 5.33. The van der Waals surface area contributed by atoms with Crippen molar-refractivity contribution in [1.29, 1.82) is 0 Å². The highest BCUT2D eigenvalue weighted by Gasteiger charge is 2.27. The number of carbonyl (C=O) groups excluding carboxylic acids is 3. The van der Waals surface area contributed by atoms with Gasteiger partial charge in [0.25, 0.3) is 0 Å². The maximum absolute atomic E-state index is 11.9. The maximum Gasteiger partial charge on any atom is 0.240 e. The second-order valence-electron chi connectivity index (χ2n) is 6.05. The van der Waals surface area contributed by atoms with Crippen molar-refractivity contribution in [3.8, 4) is 0 Å². The number of carbonyl (C=O) groups is 3. The Bertz CT molecular complexity index is 398. The van der Waals surface area contributed by atoms with Crippen LogP contribution in [0.2, 0.25) is 0 Å². The molecule has 0 aromatic heterocycles. The van der Waals surface area contributed by atoms with E-state index in [2.05, 4.69) is 10.6 Å². The van der Waals surface area contributed by atoms with Crippen molar-refractivity contribution in [3.05, 3.63) is 0 Å². The SMILES string of the molecule is CC(C)C[C@H](N)C(=O)N[C@@H](CC[C@@H]1CCNC1=O)C(N)=O. The number of amides is 3. The minimum atomic E-state index is -0.774. The lowest BCUT2D eigenvalue weighted by atomic mass is 9.97. The fourth-order valence-corrected chi connectivity index (χ4v) is 2.47. The van der Waals surface area contributed by atoms with Gasteiger partial charge in [-0.1, -0.05) is 13.8 Å². The Morgan fingerprint density at radius 2 is 2.10 bits per heavy atom. The monoisotopic (exact) mass is 298 g/mol. The molecule has 21 heavy (non-hydrogen) atoms. The normalized spacial score (nSPS) is 21.0. The van der Waals surface area contributed by atoms with Crippen molar-refractivity contribution in [3.63, 3.8) is 0 Å². The third-order valence-electron chi connectivity index (χ3n) is 3.69. The summed E-state index contributed by atoms with van der Waals surface area (Å²) in [7, 11) is 0. The zero-order valence-electron chi connectivity index (χ0n) is 12.7. The van der Waals surface area contributed by atoms with Crippen LogP contribution in [0.5, 0.6) is 0 Å². The molecule has 0 bridgehead atoms. The van der Waals surface area contributed by atoms with Crippen LogP contribution < -0.4 is 22.1 Å². The molecule has 1 fully saturated rings. The van der Waals surface area contributed by atoms with Gasteiger partial charge in [-0.2, -0.15) is 0 Å². The van der Waals surface area contributed by atoms with Gasteiger partial charge in [-0.05, 0) is 31.6 Å².